The topological polar surface area (TPSA) is 99.4 Å². The number of phenolic OH excluding ortho intramolecular Hbond substituents is 4. The molecule has 242 valence electrons. The highest BCUT2D eigenvalue weighted by Crippen LogP contribution is 2.30. The van der Waals surface area contributed by atoms with Crippen LogP contribution in [0, 0.1) is 0 Å². The molecule has 0 radical (unpaired) electrons. The highest BCUT2D eigenvalue weighted by atomic mass is 16.5. The Kier molecular flexibility index (Phi) is 10.1. The molecule has 48 heavy (non-hydrogen) atoms. The van der Waals surface area contributed by atoms with E-state index in [2.05, 4.69) is 12.1 Å². The molecule has 0 aliphatic rings. The lowest BCUT2D eigenvalue weighted by atomic mass is 10.0. The van der Waals surface area contributed by atoms with Crippen molar-refractivity contribution in [2.24, 2.45) is 0 Å². The molecule has 6 aromatic carbocycles. The summed E-state index contributed by atoms with van der Waals surface area (Å²) in [5.41, 5.74) is 6.39. The van der Waals surface area contributed by atoms with E-state index in [1.54, 1.807) is 48.5 Å². The molecular formula is C42H38O6. The average molecular weight is 639 g/mol. The summed E-state index contributed by atoms with van der Waals surface area (Å²) < 4.78 is 12.3. The summed E-state index contributed by atoms with van der Waals surface area (Å²) in [5.74, 6) is 3.35. The standard InChI is InChI=1S/C42H38O6/c43-35-17-13-29(14-18-35)7-11-33-21-37(45)27-41(25-33)47-39-5-1-3-31(23-39)9-10-32-4-2-6-40(24-32)48-42-26-34(22-38(46)28-42)12-8-30-15-19-36(44)20-16-30/h1-6,13-28,43-46H,7-12H2. The zero-order valence-corrected chi connectivity index (χ0v) is 26.5. The van der Waals surface area contributed by atoms with Crippen molar-refractivity contribution in [3.8, 4) is 46.0 Å². The van der Waals surface area contributed by atoms with Crippen LogP contribution in [0.15, 0.2) is 133 Å². The minimum Gasteiger partial charge on any atom is -0.508 e. The number of rotatable bonds is 13. The van der Waals surface area contributed by atoms with Crippen LogP contribution < -0.4 is 9.47 Å². The lowest BCUT2D eigenvalue weighted by Gasteiger charge is -2.12. The Labute approximate surface area is 280 Å². The fourth-order valence-corrected chi connectivity index (χ4v) is 5.69. The van der Waals surface area contributed by atoms with Crippen LogP contribution in [0.4, 0.5) is 0 Å². The summed E-state index contributed by atoms with van der Waals surface area (Å²) in [6, 6.07) is 40.9. The second-order valence-electron chi connectivity index (χ2n) is 12.0. The number of aryl methyl sites for hydroxylation is 6. The molecule has 0 atom stereocenters. The number of ether oxygens (including phenoxy) is 2. The van der Waals surface area contributed by atoms with Gasteiger partial charge in [0, 0.05) is 12.1 Å². The Morgan fingerprint density at radius 3 is 1.06 bits per heavy atom. The molecule has 6 aromatic rings. The van der Waals surface area contributed by atoms with E-state index in [0.717, 1.165) is 71.9 Å². The van der Waals surface area contributed by atoms with Crippen LogP contribution in [0.5, 0.6) is 46.0 Å². The molecule has 6 nitrogen and oxygen atoms in total. The molecule has 0 unspecified atom stereocenters. The molecular weight excluding hydrogens is 600 g/mol. The van der Waals surface area contributed by atoms with Gasteiger partial charge in [0.2, 0.25) is 0 Å². The Balaban J connectivity index is 1.05. The number of aromatic hydroxyl groups is 4. The number of benzene rings is 6. The number of hydrogen-bond donors (Lipinski definition) is 4. The zero-order valence-electron chi connectivity index (χ0n) is 26.5. The van der Waals surface area contributed by atoms with Crippen LogP contribution >= 0.6 is 0 Å². The van der Waals surface area contributed by atoms with Crippen molar-refractivity contribution in [3.63, 3.8) is 0 Å². The van der Waals surface area contributed by atoms with E-state index in [1.807, 2.05) is 72.8 Å². The highest BCUT2D eigenvalue weighted by molar-refractivity contribution is 5.43. The first-order chi connectivity index (χ1) is 23.3. The van der Waals surface area contributed by atoms with E-state index in [0.29, 0.717) is 23.0 Å². The van der Waals surface area contributed by atoms with E-state index in [4.69, 9.17) is 9.47 Å². The van der Waals surface area contributed by atoms with Gasteiger partial charge in [-0.2, -0.15) is 0 Å². The van der Waals surface area contributed by atoms with Crippen molar-refractivity contribution < 1.29 is 29.9 Å². The smallest absolute Gasteiger partial charge is 0.131 e. The molecule has 0 fully saturated rings. The normalized spacial score (nSPS) is 10.9. The Morgan fingerprint density at radius 1 is 0.292 bits per heavy atom. The third kappa shape index (κ3) is 9.33. The van der Waals surface area contributed by atoms with Crippen molar-refractivity contribution in [1.29, 1.82) is 0 Å². The van der Waals surface area contributed by atoms with Crippen LogP contribution in [-0.4, -0.2) is 20.4 Å². The van der Waals surface area contributed by atoms with E-state index >= 15 is 0 Å². The maximum absolute atomic E-state index is 10.3. The lowest BCUT2D eigenvalue weighted by Crippen LogP contribution is -1.95. The molecule has 0 saturated heterocycles. The predicted octanol–water partition coefficient (Wildman–Crippen LogP) is 9.45. The third-order valence-corrected chi connectivity index (χ3v) is 8.15. The molecule has 0 amide bonds. The summed E-state index contributed by atoms with van der Waals surface area (Å²) in [7, 11) is 0. The first-order valence-corrected chi connectivity index (χ1v) is 16.1. The average Bonchev–Trinajstić information content (AvgIpc) is 3.07. The molecule has 0 aliphatic heterocycles. The molecule has 4 N–H and O–H groups in total. The van der Waals surface area contributed by atoms with Crippen LogP contribution in [0.2, 0.25) is 0 Å². The molecule has 0 saturated carbocycles. The van der Waals surface area contributed by atoms with Crippen LogP contribution in [0.25, 0.3) is 0 Å². The fraction of sp³-hybridized carbons (Fsp3) is 0.143. The molecule has 0 heterocycles. The quantitative estimate of drug-likeness (QED) is 0.101. The van der Waals surface area contributed by atoms with Gasteiger partial charge in [-0.1, -0.05) is 48.5 Å². The highest BCUT2D eigenvalue weighted by Gasteiger charge is 2.08. The maximum atomic E-state index is 10.3. The summed E-state index contributed by atoms with van der Waals surface area (Å²) in [6.07, 6.45) is 4.61. The molecule has 0 spiro atoms. The first kappa shape index (κ1) is 32.1. The molecule has 6 rings (SSSR count). The van der Waals surface area contributed by atoms with Gasteiger partial charge in [-0.3, -0.25) is 0 Å². The van der Waals surface area contributed by atoms with Gasteiger partial charge in [-0.15, -0.1) is 0 Å². The molecule has 6 heteroatoms. The van der Waals surface area contributed by atoms with Crippen molar-refractivity contribution in [2.75, 3.05) is 0 Å². The van der Waals surface area contributed by atoms with Crippen LogP contribution in [-0.2, 0) is 38.5 Å². The van der Waals surface area contributed by atoms with E-state index in [1.165, 1.54) is 0 Å². The SMILES string of the molecule is Oc1ccc(CCc2cc(O)cc(Oc3cccc(CCc4cccc(Oc5cc(O)cc(CCc6ccc(O)cc6)c5)c4)c3)c2)cc1. The second-order valence-corrected chi connectivity index (χ2v) is 12.0. The summed E-state index contributed by atoms with van der Waals surface area (Å²) in [6.45, 7) is 0. The van der Waals surface area contributed by atoms with Crippen LogP contribution in [0.1, 0.15) is 33.4 Å². The van der Waals surface area contributed by atoms with E-state index in [9.17, 15) is 20.4 Å². The minimum absolute atomic E-state index is 0.155. The molecule has 0 bridgehead atoms. The van der Waals surface area contributed by atoms with Gasteiger partial charge >= 0.3 is 0 Å². The van der Waals surface area contributed by atoms with E-state index in [-0.39, 0.29) is 23.0 Å². The predicted molar refractivity (Wildman–Crippen MR) is 188 cm³/mol. The maximum Gasteiger partial charge on any atom is 0.131 e. The number of hydrogen-bond acceptors (Lipinski definition) is 6. The number of phenols is 4. The summed E-state index contributed by atoms with van der Waals surface area (Å²) >= 11 is 0. The Bertz CT molecular complexity index is 1820. The van der Waals surface area contributed by atoms with Gasteiger partial charge in [0.1, 0.15) is 46.0 Å². The van der Waals surface area contributed by atoms with Gasteiger partial charge in [-0.25, -0.2) is 0 Å². The fourth-order valence-electron chi connectivity index (χ4n) is 5.69. The van der Waals surface area contributed by atoms with Crippen molar-refractivity contribution in [1.82, 2.24) is 0 Å². The van der Waals surface area contributed by atoms with E-state index < -0.39 is 0 Å². The van der Waals surface area contributed by atoms with Crippen molar-refractivity contribution >= 4 is 0 Å². The van der Waals surface area contributed by atoms with Crippen molar-refractivity contribution in [2.45, 2.75) is 38.5 Å². The van der Waals surface area contributed by atoms with Crippen molar-refractivity contribution in [3.05, 3.63) is 167 Å². The molecule has 0 aliphatic carbocycles. The monoisotopic (exact) mass is 638 g/mol. The summed E-state index contributed by atoms with van der Waals surface area (Å²) in [5, 5.41) is 39.7. The van der Waals surface area contributed by atoms with Gasteiger partial charge in [0.25, 0.3) is 0 Å². The van der Waals surface area contributed by atoms with Gasteiger partial charge < -0.3 is 29.9 Å². The second kappa shape index (κ2) is 15.1. The summed E-state index contributed by atoms with van der Waals surface area (Å²) in [4.78, 5) is 0. The zero-order chi connectivity index (χ0) is 33.3. The van der Waals surface area contributed by atoms with Gasteiger partial charge in [0.15, 0.2) is 0 Å². The van der Waals surface area contributed by atoms with Gasteiger partial charge in [0.05, 0.1) is 0 Å². The van der Waals surface area contributed by atoms with Gasteiger partial charge in [-0.05, 0) is 145 Å². The first-order valence-electron chi connectivity index (χ1n) is 16.1. The largest absolute Gasteiger partial charge is 0.508 e. The minimum atomic E-state index is 0.155. The molecule has 0 aromatic heterocycles. The third-order valence-electron chi connectivity index (χ3n) is 8.15. The Morgan fingerprint density at radius 2 is 0.646 bits per heavy atom. The Hall–Kier alpha value is -5.88. The lowest BCUT2D eigenvalue weighted by molar-refractivity contribution is 0.452. The van der Waals surface area contributed by atoms with Crippen LogP contribution in [0.3, 0.4) is 0 Å².